The molecule has 0 radical (unpaired) electrons. The van der Waals surface area contributed by atoms with E-state index in [0.29, 0.717) is 0 Å². The van der Waals surface area contributed by atoms with Gasteiger partial charge in [-0.05, 0) is 0 Å². The van der Waals surface area contributed by atoms with Gasteiger partial charge in [0, 0.05) is 0 Å². The number of para-hydroxylation sites is 1. The van der Waals surface area contributed by atoms with Crippen molar-refractivity contribution in [3.05, 3.63) is 92.8 Å². The maximum absolute atomic E-state index is 2.42. The Morgan fingerprint density at radius 3 is 2.43 bits per heavy atom. The summed E-state index contributed by atoms with van der Waals surface area (Å²) in [6.45, 7) is 4.37. The van der Waals surface area contributed by atoms with Crippen molar-refractivity contribution in [2.75, 3.05) is 26.0 Å². The van der Waals surface area contributed by atoms with Gasteiger partial charge >= 0.3 is 191 Å². The first-order chi connectivity index (χ1) is 14.4. The Balaban J connectivity index is 1.64. The molecule has 154 valence electrons. The summed E-state index contributed by atoms with van der Waals surface area (Å²) in [5.74, 6) is 0. The maximum atomic E-state index is 2.42. The van der Waals surface area contributed by atoms with E-state index in [1.54, 1.807) is 0 Å². The summed E-state index contributed by atoms with van der Waals surface area (Å²) < 4.78 is 6.20. The van der Waals surface area contributed by atoms with Crippen molar-refractivity contribution in [3.8, 4) is 5.69 Å². The van der Waals surface area contributed by atoms with E-state index in [-0.39, 0.29) is 21.5 Å². The second-order valence-electron chi connectivity index (χ2n) is 7.75. The second-order valence-corrected chi connectivity index (χ2v) is 10.8. The molecule has 3 nitrogen and oxygen atoms in total. The molecule has 4 rings (SSSR count). The molecule has 0 amide bonds. The molecule has 2 aromatic carbocycles. The topological polar surface area (TPSA) is 11.2 Å². The quantitative estimate of drug-likeness (QED) is 0.388. The molecular formula is C26H28IN3. The molecule has 2 heterocycles. The monoisotopic (exact) mass is 509 g/mol. The molecule has 0 N–H and O–H groups in total. The molecule has 0 aliphatic carbocycles. The van der Waals surface area contributed by atoms with Gasteiger partial charge in [-0.3, -0.25) is 0 Å². The number of aromatic nitrogens is 1. The Morgan fingerprint density at radius 1 is 0.933 bits per heavy atom. The van der Waals surface area contributed by atoms with Crippen molar-refractivity contribution in [1.29, 1.82) is 0 Å². The summed E-state index contributed by atoms with van der Waals surface area (Å²) in [5, 5.41) is 0. The Labute approximate surface area is 190 Å². The number of fused-ring (bicyclic) bond motifs is 1. The van der Waals surface area contributed by atoms with Crippen LogP contribution in [0, 0.1) is 17.4 Å². The molecule has 0 saturated heterocycles. The number of benzene rings is 2. The van der Waals surface area contributed by atoms with Crippen LogP contribution in [0.5, 0.6) is 0 Å². The van der Waals surface area contributed by atoms with Crippen molar-refractivity contribution < 1.29 is 24.3 Å². The van der Waals surface area contributed by atoms with Crippen LogP contribution in [0.15, 0.2) is 66.7 Å². The normalized spacial score (nSPS) is 13.9. The van der Waals surface area contributed by atoms with Crippen LogP contribution in [-0.4, -0.2) is 34.2 Å². The standard InChI is InChI=1S/C26H28IN3/c1-19-17-21(20(2)30(19)24-9-7-6-8-10-24)11-13-23-14-12-22-18-25(28(3)4)15-16-26(22)27-29(23)5/h6-18H,1-5H3/b13-11+. The van der Waals surface area contributed by atoms with Gasteiger partial charge < -0.3 is 0 Å². The molecule has 0 fully saturated rings. The van der Waals surface area contributed by atoms with E-state index in [0.717, 1.165) is 0 Å². The van der Waals surface area contributed by atoms with Gasteiger partial charge in [-0.15, -0.1) is 0 Å². The number of halogens is 1. The van der Waals surface area contributed by atoms with Crippen molar-refractivity contribution in [3.63, 3.8) is 0 Å². The van der Waals surface area contributed by atoms with Crippen molar-refractivity contribution in [2.24, 2.45) is 0 Å². The number of allylic oxidation sites excluding steroid dienone is 2. The van der Waals surface area contributed by atoms with Crippen LogP contribution >= 0.6 is 0 Å². The van der Waals surface area contributed by atoms with Gasteiger partial charge in [0.05, 0.1) is 0 Å². The van der Waals surface area contributed by atoms with E-state index in [1.165, 1.54) is 43.2 Å². The number of nitrogens with zero attached hydrogens (tertiary/aromatic N) is 3. The average Bonchev–Trinajstić information content (AvgIpc) is 2.91. The zero-order valence-corrected chi connectivity index (χ0v) is 20.4. The fourth-order valence-corrected chi connectivity index (χ4v) is 6.08. The molecule has 1 aromatic heterocycles. The summed E-state index contributed by atoms with van der Waals surface area (Å²) >= 11 is -0.238. The van der Waals surface area contributed by atoms with Gasteiger partial charge in [0.15, 0.2) is 0 Å². The Kier molecular flexibility index (Phi) is 5.95. The number of hydrogen-bond donors (Lipinski definition) is 0. The number of anilines is 1. The van der Waals surface area contributed by atoms with Crippen LogP contribution in [0.4, 0.5) is 5.69 Å². The van der Waals surface area contributed by atoms with E-state index >= 15 is 0 Å². The van der Waals surface area contributed by atoms with Gasteiger partial charge in [-0.25, -0.2) is 0 Å². The third kappa shape index (κ3) is 4.15. The van der Waals surface area contributed by atoms with Gasteiger partial charge in [0.1, 0.15) is 0 Å². The fourth-order valence-electron chi connectivity index (χ4n) is 3.74. The third-order valence-corrected chi connectivity index (χ3v) is 8.20. The SMILES string of the molecule is Cc1cc(/C=C/C2=[N+](C)[I-]c3ccc(N(C)C)cc3C=C2)c(C)n1-c1ccccc1. The van der Waals surface area contributed by atoms with Crippen molar-refractivity contribution >= 4 is 23.6 Å². The van der Waals surface area contributed by atoms with E-state index in [4.69, 9.17) is 0 Å². The van der Waals surface area contributed by atoms with Crippen molar-refractivity contribution in [2.45, 2.75) is 13.8 Å². The van der Waals surface area contributed by atoms with Gasteiger partial charge in [0.25, 0.3) is 0 Å². The molecule has 4 heteroatoms. The summed E-state index contributed by atoms with van der Waals surface area (Å²) in [7, 11) is 6.39. The van der Waals surface area contributed by atoms with Crippen LogP contribution in [0.1, 0.15) is 22.5 Å². The number of aryl methyl sites for hydroxylation is 1. The molecule has 0 spiro atoms. The predicted molar refractivity (Wildman–Crippen MR) is 124 cm³/mol. The van der Waals surface area contributed by atoms with E-state index in [9.17, 15) is 0 Å². The average molecular weight is 509 g/mol. The molecule has 0 atom stereocenters. The molecule has 1 aliphatic heterocycles. The van der Waals surface area contributed by atoms with Crippen LogP contribution in [0.3, 0.4) is 0 Å². The molecule has 0 saturated carbocycles. The molecular weight excluding hydrogens is 481 g/mol. The third-order valence-electron chi connectivity index (χ3n) is 5.42. The first kappa shape index (κ1) is 20.7. The summed E-state index contributed by atoms with van der Waals surface area (Å²) in [6, 6.07) is 19.6. The second kappa shape index (κ2) is 8.64. The number of hydrogen-bond acceptors (Lipinski definition) is 1. The predicted octanol–water partition coefficient (Wildman–Crippen LogP) is 2.16. The molecule has 1 aliphatic rings. The van der Waals surface area contributed by atoms with Crippen molar-refractivity contribution in [1.82, 2.24) is 4.57 Å². The van der Waals surface area contributed by atoms with E-state index < -0.39 is 0 Å². The van der Waals surface area contributed by atoms with Crippen LogP contribution in [-0.2, 0) is 0 Å². The minimum atomic E-state index is -0.238. The van der Waals surface area contributed by atoms with Crippen LogP contribution in [0.2, 0.25) is 0 Å². The number of rotatable bonds is 4. The summed E-state index contributed by atoms with van der Waals surface area (Å²) in [4.78, 5) is 2.16. The zero-order valence-electron chi connectivity index (χ0n) is 18.2. The molecule has 0 unspecified atom stereocenters. The van der Waals surface area contributed by atoms with Gasteiger partial charge in [0.2, 0.25) is 0 Å². The molecule has 30 heavy (non-hydrogen) atoms. The summed E-state index contributed by atoms with van der Waals surface area (Å²) in [5.41, 5.74) is 8.84. The molecule has 3 aromatic rings. The Hall–Kier alpha value is -2.60. The van der Waals surface area contributed by atoms with E-state index in [1.807, 2.05) is 0 Å². The Bertz CT molecular complexity index is 1160. The first-order valence-corrected chi connectivity index (χ1v) is 12.2. The van der Waals surface area contributed by atoms with Gasteiger partial charge in [-0.1, -0.05) is 0 Å². The van der Waals surface area contributed by atoms with Gasteiger partial charge in [-0.2, -0.15) is 0 Å². The zero-order chi connectivity index (χ0) is 21.3. The van der Waals surface area contributed by atoms with Crippen LogP contribution in [0.25, 0.3) is 17.8 Å². The summed E-state index contributed by atoms with van der Waals surface area (Å²) in [6.07, 6.45) is 9.02. The van der Waals surface area contributed by atoms with Crippen LogP contribution < -0.4 is 26.4 Å². The minimum absolute atomic E-state index is 0.238. The molecule has 0 bridgehead atoms. The van der Waals surface area contributed by atoms with E-state index in [2.05, 4.69) is 126 Å². The first-order valence-electron chi connectivity index (χ1n) is 10.1. The fraction of sp³-hybridized carbons (Fsp3) is 0.192. The Morgan fingerprint density at radius 2 is 1.70 bits per heavy atom.